The second-order valence-electron chi connectivity index (χ2n) is 5.80. The quantitative estimate of drug-likeness (QED) is 0.816. The molecule has 0 aromatic heterocycles. The summed E-state index contributed by atoms with van der Waals surface area (Å²) in [6.45, 7) is 5.84. The number of rotatable bonds is 7. The van der Waals surface area contributed by atoms with Gasteiger partial charge in [0.25, 0.3) is 0 Å². The first kappa shape index (κ1) is 13.9. The molecule has 2 rings (SSSR count). The van der Waals surface area contributed by atoms with Crippen LogP contribution < -0.4 is 10.1 Å². The first-order valence-electron chi connectivity index (χ1n) is 6.96. The van der Waals surface area contributed by atoms with Crippen LogP contribution in [0.4, 0.5) is 0 Å². The summed E-state index contributed by atoms with van der Waals surface area (Å²) < 4.78 is 5.79. The molecule has 102 valence electrons. The van der Waals surface area contributed by atoms with E-state index in [0.717, 1.165) is 25.1 Å². The molecule has 1 aromatic rings. The van der Waals surface area contributed by atoms with Crippen LogP contribution in [0.2, 0.25) is 0 Å². The van der Waals surface area contributed by atoms with Gasteiger partial charge < -0.3 is 10.1 Å². The summed E-state index contributed by atoms with van der Waals surface area (Å²) in [6.07, 6.45) is 2.86. The summed E-state index contributed by atoms with van der Waals surface area (Å²) in [5.41, 5.74) is 1.41. The molecule has 0 radical (unpaired) electrons. The molecule has 0 aliphatic heterocycles. The van der Waals surface area contributed by atoms with E-state index in [9.17, 15) is 0 Å². The van der Waals surface area contributed by atoms with Crippen molar-refractivity contribution in [3.8, 4) is 11.8 Å². The Kier molecular flexibility index (Phi) is 4.44. The Labute approximate surface area is 115 Å². The van der Waals surface area contributed by atoms with Crippen molar-refractivity contribution < 1.29 is 4.74 Å². The zero-order valence-corrected chi connectivity index (χ0v) is 11.8. The van der Waals surface area contributed by atoms with Crippen LogP contribution in [0.25, 0.3) is 0 Å². The Morgan fingerprint density at radius 3 is 2.53 bits per heavy atom. The summed E-state index contributed by atoms with van der Waals surface area (Å²) >= 11 is 0. The van der Waals surface area contributed by atoms with Crippen molar-refractivity contribution in [3.05, 3.63) is 29.8 Å². The molecule has 0 saturated heterocycles. The molecule has 1 aromatic carbocycles. The molecule has 0 heterocycles. The Morgan fingerprint density at radius 2 is 2.00 bits per heavy atom. The predicted molar refractivity (Wildman–Crippen MR) is 75.8 cm³/mol. The van der Waals surface area contributed by atoms with Gasteiger partial charge in [-0.15, -0.1) is 0 Å². The van der Waals surface area contributed by atoms with Gasteiger partial charge in [0.1, 0.15) is 5.75 Å². The van der Waals surface area contributed by atoms with E-state index in [0.29, 0.717) is 19.1 Å². The average molecular weight is 258 g/mol. The minimum Gasteiger partial charge on any atom is -0.493 e. The predicted octanol–water partition coefficient (Wildman–Crippen LogP) is 3.26. The summed E-state index contributed by atoms with van der Waals surface area (Å²) in [7, 11) is 0. The van der Waals surface area contributed by atoms with Crippen molar-refractivity contribution >= 4 is 0 Å². The SMILES string of the molecule is CC(C)NCc1ccc(OCC2(CC#N)CC2)cc1. The lowest BCUT2D eigenvalue weighted by Crippen LogP contribution is -2.21. The number of benzene rings is 1. The van der Waals surface area contributed by atoms with Crippen molar-refractivity contribution in [2.45, 2.75) is 45.7 Å². The van der Waals surface area contributed by atoms with Gasteiger partial charge in [0, 0.05) is 24.4 Å². The normalized spacial score (nSPS) is 16.1. The Bertz CT molecular complexity index is 441. The summed E-state index contributed by atoms with van der Waals surface area (Å²) in [4.78, 5) is 0. The van der Waals surface area contributed by atoms with E-state index < -0.39 is 0 Å². The molecule has 1 N–H and O–H groups in total. The van der Waals surface area contributed by atoms with Crippen LogP contribution in [0, 0.1) is 16.7 Å². The summed E-state index contributed by atoms with van der Waals surface area (Å²) in [6, 6.07) is 11.0. The molecule has 0 amide bonds. The monoisotopic (exact) mass is 258 g/mol. The minimum absolute atomic E-state index is 0.145. The van der Waals surface area contributed by atoms with Crippen LogP contribution in [0.3, 0.4) is 0 Å². The number of ether oxygens (including phenoxy) is 1. The van der Waals surface area contributed by atoms with Crippen LogP contribution in [-0.4, -0.2) is 12.6 Å². The highest BCUT2D eigenvalue weighted by molar-refractivity contribution is 5.27. The van der Waals surface area contributed by atoms with E-state index in [2.05, 4.69) is 37.4 Å². The number of hydrogen-bond donors (Lipinski definition) is 1. The van der Waals surface area contributed by atoms with E-state index in [-0.39, 0.29) is 5.41 Å². The zero-order valence-electron chi connectivity index (χ0n) is 11.8. The Morgan fingerprint density at radius 1 is 1.32 bits per heavy atom. The zero-order chi connectivity index (χ0) is 13.7. The Balaban J connectivity index is 1.80. The maximum Gasteiger partial charge on any atom is 0.119 e. The van der Waals surface area contributed by atoms with E-state index in [4.69, 9.17) is 10.00 Å². The van der Waals surface area contributed by atoms with Crippen molar-refractivity contribution in [2.75, 3.05) is 6.61 Å². The minimum atomic E-state index is 0.145. The van der Waals surface area contributed by atoms with Crippen LogP contribution in [0.15, 0.2) is 24.3 Å². The molecular formula is C16H22N2O. The second-order valence-corrected chi connectivity index (χ2v) is 5.80. The van der Waals surface area contributed by atoms with Gasteiger partial charge in [0.05, 0.1) is 12.7 Å². The molecule has 1 fully saturated rings. The maximum atomic E-state index is 8.77. The third-order valence-corrected chi connectivity index (χ3v) is 3.59. The van der Waals surface area contributed by atoms with Crippen molar-refractivity contribution in [1.82, 2.24) is 5.32 Å². The van der Waals surface area contributed by atoms with Crippen LogP contribution in [-0.2, 0) is 6.54 Å². The van der Waals surface area contributed by atoms with Gasteiger partial charge in [-0.25, -0.2) is 0 Å². The van der Waals surface area contributed by atoms with E-state index in [1.165, 1.54) is 5.56 Å². The highest BCUT2D eigenvalue weighted by atomic mass is 16.5. The molecule has 3 nitrogen and oxygen atoms in total. The molecule has 0 unspecified atom stereocenters. The first-order chi connectivity index (χ1) is 9.13. The van der Waals surface area contributed by atoms with Crippen molar-refractivity contribution in [3.63, 3.8) is 0 Å². The van der Waals surface area contributed by atoms with Crippen LogP contribution >= 0.6 is 0 Å². The molecular weight excluding hydrogens is 236 g/mol. The molecule has 0 bridgehead atoms. The van der Waals surface area contributed by atoms with Gasteiger partial charge in [0.15, 0.2) is 0 Å². The second kappa shape index (κ2) is 6.08. The molecule has 3 heteroatoms. The van der Waals surface area contributed by atoms with E-state index >= 15 is 0 Å². The highest BCUT2D eigenvalue weighted by Crippen LogP contribution is 2.48. The fraction of sp³-hybridized carbons (Fsp3) is 0.562. The molecule has 0 atom stereocenters. The van der Waals surface area contributed by atoms with Gasteiger partial charge in [-0.05, 0) is 30.5 Å². The standard InChI is InChI=1S/C16H22N2O/c1-13(2)18-11-14-3-5-15(6-4-14)19-12-16(7-8-16)9-10-17/h3-6,13,18H,7-9,11-12H2,1-2H3. The third-order valence-electron chi connectivity index (χ3n) is 3.59. The fourth-order valence-corrected chi connectivity index (χ4v) is 1.98. The first-order valence-corrected chi connectivity index (χ1v) is 6.96. The smallest absolute Gasteiger partial charge is 0.119 e. The molecule has 19 heavy (non-hydrogen) atoms. The lowest BCUT2D eigenvalue weighted by Gasteiger charge is -2.13. The molecule has 1 aliphatic carbocycles. The van der Waals surface area contributed by atoms with Crippen LogP contribution in [0.1, 0.15) is 38.7 Å². The number of nitriles is 1. The van der Waals surface area contributed by atoms with Crippen molar-refractivity contribution in [2.24, 2.45) is 5.41 Å². The Hall–Kier alpha value is -1.53. The number of nitrogens with zero attached hydrogens (tertiary/aromatic N) is 1. The van der Waals surface area contributed by atoms with E-state index in [1.54, 1.807) is 0 Å². The van der Waals surface area contributed by atoms with Gasteiger partial charge in [-0.3, -0.25) is 0 Å². The summed E-state index contributed by atoms with van der Waals surface area (Å²) in [5, 5.41) is 12.2. The summed E-state index contributed by atoms with van der Waals surface area (Å²) in [5.74, 6) is 0.900. The van der Waals surface area contributed by atoms with Gasteiger partial charge in [0.2, 0.25) is 0 Å². The highest BCUT2D eigenvalue weighted by Gasteiger charge is 2.43. The van der Waals surface area contributed by atoms with Crippen molar-refractivity contribution in [1.29, 1.82) is 5.26 Å². The van der Waals surface area contributed by atoms with Gasteiger partial charge in [-0.2, -0.15) is 5.26 Å². The average Bonchev–Trinajstić information content (AvgIpc) is 3.16. The lowest BCUT2D eigenvalue weighted by atomic mass is 10.1. The number of nitrogens with one attached hydrogen (secondary N) is 1. The van der Waals surface area contributed by atoms with Crippen LogP contribution in [0.5, 0.6) is 5.75 Å². The number of hydrogen-bond acceptors (Lipinski definition) is 3. The topological polar surface area (TPSA) is 45.0 Å². The third kappa shape index (κ3) is 4.25. The largest absolute Gasteiger partial charge is 0.493 e. The van der Waals surface area contributed by atoms with E-state index in [1.807, 2.05) is 12.1 Å². The maximum absolute atomic E-state index is 8.77. The molecule has 1 aliphatic rings. The fourth-order valence-electron chi connectivity index (χ4n) is 1.98. The molecule has 1 saturated carbocycles. The van der Waals surface area contributed by atoms with Gasteiger partial charge >= 0.3 is 0 Å². The van der Waals surface area contributed by atoms with Gasteiger partial charge in [-0.1, -0.05) is 26.0 Å². The lowest BCUT2D eigenvalue weighted by molar-refractivity contribution is 0.237. The molecule has 0 spiro atoms.